The Hall–Kier alpha value is -3.08. The second kappa shape index (κ2) is 8.45. The van der Waals surface area contributed by atoms with Crippen LogP contribution in [0.25, 0.3) is 6.08 Å². The lowest BCUT2D eigenvalue weighted by atomic mass is 9.65. The van der Waals surface area contributed by atoms with Crippen molar-refractivity contribution in [1.29, 1.82) is 0 Å². The quantitative estimate of drug-likeness (QED) is 0.684. The Morgan fingerprint density at radius 2 is 1.72 bits per heavy atom. The van der Waals surface area contributed by atoms with Crippen LogP contribution in [-0.4, -0.2) is 36.4 Å². The first-order chi connectivity index (χ1) is 15.2. The summed E-state index contributed by atoms with van der Waals surface area (Å²) in [6, 6.07) is 16.6. The zero-order chi connectivity index (χ0) is 22.9. The van der Waals surface area contributed by atoms with Crippen LogP contribution in [-0.2, 0) is 4.79 Å². The number of hydrogen-bond acceptors (Lipinski definition) is 3. The van der Waals surface area contributed by atoms with Crippen molar-refractivity contribution in [3.8, 4) is 5.75 Å². The molecule has 1 saturated carbocycles. The van der Waals surface area contributed by atoms with Gasteiger partial charge in [-0.2, -0.15) is 0 Å². The van der Waals surface area contributed by atoms with Gasteiger partial charge in [0.1, 0.15) is 11.4 Å². The van der Waals surface area contributed by atoms with Gasteiger partial charge in [0.05, 0.1) is 7.11 Å². The molecule has 2 fully saturated rings. The van der Waals surface area contributed by atoms with Gasteiger partial charge in [-0.3, -0.25) is 9.59 Å². The third-order valence-corrected chi connectivity index (χ3v) is 6.62. The predicted octanol–water partition coefficient (Wildman–Crippen LogP) is 4.89. The number of methoxy groups -OCH3 is 1. The SMILES string of the molecule is COc1ccc(/C=C(/NC(=O)c2ccccc2)C(=O)N2C[C@@]3(C)C[C@H]2CC(C)(C)C3)cc1. The number of nitrogens with zero attached hydrogens (tertiary/aromatic N) is 1. The van der Waals surface area contributed by atoms with Crippen LogP contribution in [0.2, 0.25) is 0 Å². The number of rotatable bonds is 5. The van der Waals surface area contributed by atoms with E-state index in [1.165, 1.54) is 0 Å². The summed E-state index contributed by atoms with van der Waals surface area (Å²) in [5, 5.41) is 2.90. The number of carbonyl (C=O) groups excluding carboxylic acids is 2. The monoisotopic (exact) mass is 432 g/mol. The molecular formula is C27H32N2O3. The lowest BCUT2D eigenvalue weighted by Crippen LogP contribution is -2.42. The van der Waals surface area contributed by atoms with Gasteiger partial charge in [-0.15, -0.1) is 0 Å². The second-order valence-corrected chi connectivity index (χ2v) is 10.3. The van der Waals surface area contributed by atoms with Crippen molar-refractivity contribution in [3.05, 3.63) is 71.4 Å². The predicted molar refractivity (Wildman–Crippen MR) is 126 cm³/mol. The number of nitrogens with one attached hydrogen (secondary N) is 1. The van der Waals surface area contributed by atoms with Gasteiger partial charge in [0, 0.05) is 18.2 Å². The highest BCUT2D eigenvalue weighted by Crippen LogP contribution is 2.52. The average molecular weight is 433 g/mol. The van der Waals surface area contributed by atoms with E-state index in [-0.39, 0.29) is 28.7 Å². The molecule has 1 aliphatic heterocycles. The molecule has 1 aliphatic carbocycles. The molecule has 2 amide bonds. The molecular weight excluding hydrogens is 400 g/mol. The molecule has 0 aromatic heterocycles. The molecule has 2 aromatic rings. The average Bonchev–Trinajstić information content (AvgIpc) is 3.02. The van der Waals surface area contributed by atoms with Gasteiger partial charge in [0.25, 0.3) is 11.8 Å². The summed E-state index contributed by atoms with van der Waals surface area (Å²) in [4.78, 5) is 28.7. The Labute approximate surface area is 190 Å². The number of benzene rings is 2. The van der Waals surface area contributed by atoms with E-state index in [1.54, 1.807) is 25.3 Å². The van der Waals surface area contributed by atoms with Crippen molar-refractivity contribution >= 4 is 17.9 Å². The van der Waals surface area contributed by atoms with E-state index in [0.29, 0.717) is 11.3 Å². The Balaban J connectivity index is 1.64. The zero-order valence-corrected chi connectivity index (χ0v) is 19.4. The molecule has 2 atom stereocenters. The third-order valence-electron chi connectivity index (χ3n) is 6.62. The summed E-state index contributed by atoms with van der Waals surface area (Å²) < 4.78 is 5.24. The highest BCUT2D eigenvalue weighted by atomic mass is 16.5. The van der Waals surface area contributed by atoms with Crippen LogP contribution in [0.15, 0.2) is 60.3 Å². The van der Waals surface area contributed by atoms with Gasteiger partial charge in [-0.05, 0) is 66.0 Å². The zero-order valence-electron chi connectivity index (χ0n) is 19.4. The fraction of sp³-hybridized carbons (Fsp3) is 0.407. The molecule has 2 aliphatic rings. The molecule has 32 heavy (non-hydrogen) atoms. The normalized spacial score (nSPS) is 24.2. The molecule has 1 N–H and O–H groups in total. The van der Waals surface area contributed by atoms with Crippen molar-refractivity contribution < 1.29 is 14.3 Å². The van der Waals surface area contributed by atoms with Crippen molar-refractivity contribution in [2.45, 2.75) is 46.1 Å². The first-order valence-corrected chi connectivity index (χ1v) is 11.2. The minimum atomic E-state index is -0.285. The highest BCUT2D eigenvalue weighted by molar-refractivity contribution is 6.05. The number of fused-ring (bicyclic) bond motifs is 2. The van der Waals surface area contributed by atoms with E-state index in [1.807, 2.05) is 47.4 Å². The Morgan fingerprint density at radius 3 is 2.38 bits per heavy atom. The summed E-state index contributed by atoms with van der Waals surface area (Å²) in [5.74, 6) is 0.343. The van der Waals surface area contributed by atoms with Crippen LogP contribution in [0, 0.1) is 10.8 Å². The maximum atomic E-state index is 13.8. The van der Waals surface area contributed by atoms with Crippen molar-refractivity contribution in [2.75, 3.05) is 13.7 Å². The van der Waals surface area contributed by atoms with E-state index in [2.05, 4.69) is 26.1 Å². The Kier molecular flexibility index (Phi) is 5.85. The maximum absolute atomic E-state index is 13.8. The molecule has 0 radical (unpaired) electrons. The fourth-order valence-electron chi connectivity index (χ4n) is 5.65. The molecule has 0 unspecified atom stereocenters. The first-order valence-electron chi connectivity index (χ1n) is 11.2. The van der Waals surface area contributed by atoms with Gasteiger partial charge >= 0.3 is 0 Å². The smallest absolute Gasteiger partial charge is 0.270 e. The van der Waals surface area contributed by atoms with Gasteiger partial charge in [-0.1, -0.05) is 51.1 Å². The fourth-order valence-corrected chi connectivity index (χ4v) is 5.65. The van der Waals surface area contributed by atoms with Gasteiger partial charge in [0.15, 0.2) is 0 Å². The standard InChI is InChI=1S/C27H32N2O3/c1-26(2)15-21-16-27(3,17-26)18-29(21)25(31)23(14-19-10-12-22(32-4)13-11-19)28-24(30)20-8-6-5-7-9-20/h5-14,21H,15-18H2,1-4H3,(H,28,30)/b23-14+/t21-,27+/m1/s1. The molecule has 5 heteroatoms. The Bertz CT molecular complexity index is 1030. The summed E-state index contributed by atoms with van der Waals surface area (Å²) in [6.45, 7) is 7.58. The number of ether oxygens (including phenoxy) is 1. The van der Waals surface area contributed by atoms with Crippen LogP contribution in [0.3, 0.4) is 0 Å². The van der Waals surface area contributed by atoms with Gasteiger partial charge < -0.3 is 15.0 Å². The second-order valence-electron chi connectivity index (χ2n) is 10.3. The number of carbonyl (C=O) groups is 2. The van der Waals surface area contributed by atoms with Crippen molar-refractivity contribution in [1.82, 2.24) is 10.2 Å². The van der Waals surface area contributed by atoms with Crippen molar-refractivity contribution in [2.24, 2.45) is 10.8 Å². The molecule has 1 heterocycles. The van der Waals surface area contributed by atoms with Crippen LogP contribution in [0.5, 0.6) is 5.75 Å². The topological polar surface area (TPSA) is 58.6 Å². The summed E-state index contributed by atoms with van der Waals surface area (Å²) >= 11 is 0. The van der Waals surface area contributed by atoms with Gasteiger partial charge in [-0.25, -0.2) is 0 Å². The third kappa shape index (κ3) is 4.72. The molecule has 4 rings (SSSR count). The maximum Gasteiger partial charge on any atom is 0.270 e. The van der Waals surface area contributed by atoms with E-state index in [0.717, 1.165) is 37.1 Å². The highest BCUT2D eigenvalue weighted by Gasteiger charge is 2.51. The minimum absolute atomic E-state index is 0.114. The van der Waals surface area contributed by atoms with Crippen LogP contribution >= 0.6 is 0 Å². The lowest BCUT2D eigenvalue weighted by molar-refractivity contribution is -0.128. The summed E-state index contributed by atoms with van der Waals surface area (Å²) in [7, 11) is 1.62. The van der Waals surface area contributed by atoms with Crippen LogP contribution in [0.1, 0.15) is 56.0 Å². The van der Waals surface area contributed by atoms with Crippen LogP contribution in [0.4, 0.5) is 0 Å². The molecule has 5 nitrogen and oxygen atoms in total. The molecule has 2 aromatic carbocycles. The van der Waals surface area contributed by atoms with Crippen molar-refractivity contribution in [3.63, 3.8) is 0 Å². The lowest BCUT2D eigenvalue weighted by Gasteiger charge is -2.39. The van der Waals surface area contributed by atoms with E-state index < -0.39 is 0 Å². The molecule has 1 saturated heterocycles. The largest absolute Gasteiger partial charge is 0.497 e. The van der Waals surface area contributed by atoms with E-state index in [9.17, 15) is 9.59 Å². The molecule has 2 bridgehead atoms. The summed E-state index contributed by atoms with van der Waals surface area (Å²) in [5.41, 5.74) is 1.99. The first kappa shape index (κ1) is 22.1. The minimum Gasteiger partial charge on any atom is -0.497 e. The molecule has 168 valence electrons. The number of amides is 2. The van der Waals surface area contributed by atoms with E-state index >= 15 is 0 Å². The van der Waals surface area contributed by atoms with Gasteiger partial charge in [0.2, 0.25) is 0 Å². The van der Waals surface area contributed by atoms with Crippen LogP contribution < -0.4 is 10.1 Å². The number of likely N-dealkylation sites (tertiary alicyclic amines) is 1. The Morgan fingerprint density at radius 1 is 1.03 bits per heavy atom. The summed E-state index contributed by atoms with van der Waals surface area (Å²) in [6.07, 6.45) is 4.87. The molecule has 0 spiro atoms. The number of hydrogen-bond donors (Lipinski definition) is 1. The van der Waals surface area contributed by atoms with E-state index in [4.69, 9.17) is 4.74 Å².